The van der Waals surface area contributed by atoms with Crippen LogP contribution in [0.4, 0.5) is 17.3 Å². The highest BCUT2D eigenvalue weighted by Gasteiger charge is 2.14. The molecule has 6 heteroatoms. The second-order valence-corrected chi connectivity index (χ2v) is 6.97. The summed E-state index contributed by atoms with van der Waals surface area (Å²) in [5, 5.41) is 6.14. The molecule has 1 heterocycles. The van der Waals surface area contributed by atoms with Gasteiger partial charge in [-0.1, -0.05) is 44.2 Å². The van der Waals surface area contributed by atoms with Gasteiger partial charge in [-0.15, -0.1) is 0 Å². The van der Waals surface area contributed by atoms with Crippen molar-refractivity contribution in [1.29, 1.82) is 0 Å². The van der Waals surface area contributed by atoms with Gasteiger partial charge in [0.05, 0.1) is 12.3 Å². The molecule has 0 fully saturated rings. The maximum absolute atomic E-state index is 12.8. The zero-order valence-electron chi connectivity index (χ0n) is 17.2. The summed E-state index contributed by atoms with van der Waals surface area (Å²) in [6.07, 6.45) is 0. The van der Waals surface area contributed by atoms with Gasteiger partial charge in [0.1, 0.15) is 11.4 Å². The second-order valence-electron chi connectivity index (χ2n) is 6.97. The normalized spacial score (nSPS) is 10.7. The van der Waals surface area contributed by atoms with Gasteiger partial charge < -0.3 is 15.4 Å². The van der Waals surface area contributed by atoms with Crippen LogP contribution in [0.1, 0.15) is 48.4 Å². The van der Waals surface area contributed by atoms with Crippen LogP contribution in [-0.2, 0) is 0 Å². The molecular weight excluding hydrogens is 364 g/mol. The minimum absolute atomic E-state index is 0.285. The summed E-state index contributed by atoms with van der Waals surface area (Å²) >= 11 is 0. The van der Waals surface area contributed by atoms with Gasteiger partial charge in [0.25, 0.3) is 5.91 Å². The third-order valence-corrected chi connectivity index (χ3v) is 4.35. The number of benzene rings is 2. The molecule has 0 atom stereocenters. The Labute approximate surface area is 171 Å². The van der Waals surface area contributed by atoms with Gasteiger partial charge in [0.15, 0.2) is 0 Å². The first kappa shape index (κ1) is 20.3. The number of nitrogens with one attached hydrogen (secondary N) is 2. The van der Waals surface area contributed by atoms with E-state index in [1.165, 1.54) is 0 Å². The fourth-order valence-electron chi connectivity index (χ4n) is 3.01. The first-order chi connectivity index (χ1) is 14.0. The average molecular weight is 390 g/mol. The van der Waals surface area contributed by atoms with Crippen molar-refractivity contribution < 1.29 is 9.53 Å². The van der Waals surface area contributed by atoms with Gasteiger partial charge in [-0.05, 0) is 49.6 Å². The van der Waals surface area contributed by atoms with E-state index >= 15 is 0 Å². The number of ether oxygens (including phenoxy) is 1. The lowest BCUT2D eigenvalue weighted by molar-refractivity contribution is 0.102. The highest BCUT2D eigenvalue weighted by Crippen LogP contribution is 2.27. The molecule has 0 saturated heterocycles. The lowest BCUT2D eigenvalue weighted by atomic mass is 10.0. The van der Waals surface area contributed by atoms with Crippen molar-refractivity contribution >= 4 is 23.2 Å². The summed E-state index contributed by atoms with van der Waals surface area (Å²) in [6.45, 7) is 8.52. The Morgan fingerprint density at radius 1 is 1.03 bits per heavy atom. The van der Waals surface area contributed by atoms with Crippen molar-refractivity contribution in [2.45, 2.75) is 33.6 Å². The molecule has 6 nitrogen and oxygen atoms in total. The standard InChI is InChI=1S/C23H26N4O2/c1-5-29-21-13-9-8-12-19(21)25-22(28)20-14-16(4)24-23(27-20)26-18-11-7-6-10-17(18)15(2)3/h6-15H,5H2,1-4H3,(H,25,28)(H,24,26,27). The van der Waals surface area contributed by atoms with Crippen LogP contribution in [0.25, 0.3) is 0 Å². The van der Waals surface area contributed by atoms with Crippen LogP contribution in [0.15, 0.2) is 54.6 Å². The van der Waals surface area contributed by atoms with Crippen molar-refractivity contribution in [3.63, 3.8) is 0 Å². The molecule has 0 aliphatic carbocycles. The lowest BCUT2D eigenvalue weighted by Gasteiger charge is -2.15. The van der Waals surface area contributed by atoms with Crippen LogP contribution < -0.4 is 15.4 Å². The highest BCUT2D eigenvalue weighted by atomic mass is 16.5. The van der Waals surface area contributed by atoms with Crippen molar-refractivity contribution in [3.05, 3.63) is 71.5 Å². The number of hydrogen-bond donors (Lipinski definition) is 2. The minimum atomic E-state index is -0.317. The van der Waals surface area contributed by atoms with E-state index in [0.29, 0.717) is 35.6 Å². The van der Waals surface area contributed by atoms with E-state index in [4.69, 9.17) is 4.74 Å². The summed E-state index contributed by atoms with van der Waals surface area (Å²) in [4.78, 5) is 21.7. The molecule has 3 aromatic rings. The summed E-state index contributed by atoms with van der Waals surface area (Å²) in [6, 6.07) is 17.0. The number of para-hydroxylation sites is 3. The predicted octanol–water partition coefficient (Wildman–Crippen LogP) is 5.30. The molecule has 1 aromatic heterocycles. The van der Waals surface area contributed by atoms with E-state index in [0.717, 1.165) is 11.3 Å². The summed E-state index contributed by atoms with van der Waals surface area (Å²) < 4.78 is 5.58. The summed E-state index contributed by atoms with van der Waals surface area (Å²) in [7, 11) is 0. The highest BCUT2D eigenvalue weighted by molar-refractivity contribution is 6.03. The second kappa shape index (κ2) is 9.19. The number of anilines is 3. The molecular formula is C23H26N4O2. The van der Waals surface area contributed by atoms with E-state index in [2.05, 4.69) is 40.5 Å². The molecule has 0 saturated carbocycles. The van der Waals surface area contributed by atoms with Gasteiger partial charge in [-0.25, -0.2) is 9.97 Å². The molecule has 2 N–H and O–H groups in total. The van der Waals surface area contributed by atoms with E-state index in [-0.39, 0.29) is 11.6 Å². The molecule has 0 radical (unpaired) electrons. The molecule has 1 amide bonds. The van der Waals surface area contributed by atoms with Gasteiger partial charge in [0.2, 0.25) is 5.95 Å². The van der Waals surface area contributed by atoms with Crippen molar-refractivity contribution in [2.24, 2.45) is 0 Å². The number of aromatic nitrogens is 2. The third-order valence-electron chi connectivity index (χ3n) is 4.35. The zero-order chi connectivity index (χ0) is 20.8. The fourth-order valence-corrected chi connectivity index (χ4v) is 3.01. The minimum Gasteiger partial charge on any atom is -0.492 e. The molecule has 0 unspecified atom stereocenters. The Morgan fingerprint density at radius 3 is 2.45 bits per heavy atom. The summed E-state index contributed by atoms with van der Waals surface area (Å²) in [5.41, 5.74) is 3.69. The average Bonchev–Trinajstić information content (AvgIpc) is 2.69. The lowest BCUT2D eigenvalue weighted by Crippen LogP contribution is -2.16. The first-order valence-corrected chi connectivity index (χ1v) is 9.72. The van der Waals surface area contributed by atoms with E-state index in [1.54, 1.807) is 12.1 Å². The number of carbonyl (C=O) groups is 1. The number of aryl methyl sites for hydroxylation is 1. The van der Waals surface area contributed by atoms with Crippen molar-refractivity contribution in [3.8, 4) is 5.75 Å². The Hall–Kier alpha value is -3.41. The van der Waals surface area contributed by atoms with Gasteiger partial charge in [-0.3, -0.25) is 4.79 Å². The van der Waals surface area contributed by atoms with E-state index in [9.17, 15) is 4.79 Å². The van der Waals surface area contributed by atoms with Gasteiger partial charge in [-0.2, -0.15) is 0 Å². The van der Waals surface area contributed by atoms with Crippen molar-refractivity contribution in [2.75, 3.05) is 17.2 Å². The van der Waals surface area contributed by atoms with Crippen LogP contribution in [0.3, 0.4) is 0 Å². The first-order valence-electron chi connectivity index (χ1n) is 9.72. The molecule has 0 aliphatic heterocycles. The molecule has 0 spiro atoms. The van der Waals surface area contributed by atoms with Crippen LogP contribution in [-0.4, -0.2) is 22.5 Å². The number of nitrogens with zero attached hydrogens (tertiary/aromatic N) is 2. The smallest absolute Gasteiger partial charge is 0.274 e. The maximum Gasteiger partial charge on any atom is 0.274 e. The topological polar surface area (TPSA) is 76.1 Å². The molecule has 150 valence electrons. The van der Waals surface area contributed by atoms with Gasteiger partial charge in [0, 0.05) is 11.4 Å². The molecule has 2 aromatic carbocycles. The largest absolute Gasteiger partial charge is 0.492 e. The fraction of sp³-hybridized carbons (Fsp3) is 0.261. The third kappa shape index (κ3) is 5.10. The number of rotatable bonds is 7. The number of hydrogen-bond acceptors (Lipinski definition) is 5. The number of amides is 1. The monoisotopic (exact) mass is 390 g/mol. The van der Waals surface area contributed by atoms with E-state index in [1.807, 2.05) is 50.2 Å². The van der Waals surface area contributed by atoms with Crippen LogP contribution in [0.5, 0.6) is 5.75 Å². The Balaban J connectivity index is 1.85. The Morgan fingerprint density at radius 2 is 1.72 bits per heavy atom. The maximum atomic E-state index is 12.8. The zero-order valence-corrected chi connectivity index (χ0v) is 17.2. The Kier molecular flexibility index (Phi) is 6.44. The van der Waals surface area contributed by atoms with E-state index < -0.39 is 0 Å². The SMILES string of the molecule is CCOc1ccccc1NC(=O)c1cc(C)nc(Nc2ccccc2C(C)C)n1. The summed E-state index contributed by atoms with van der Waals surface area (Å²) in [5.74, 6) is 1.05. The molecule has 0 aliphatic rings. The molecule has 3 rings (SSSR count). The van der Waals surface area contributed by atoms with Gasteiger partial charge >= 0.3 is 0 Å². The molecule has 29 heavy (non-hydrogen) atoms. The predicted molar refractivity (Wildman–Crippen MR) is 116 cm³/mol. The van der Waals surface area contributed by atoms with Crippen LogP contribution in [0, 0.1) is 6.92 Å². The Bertz CT molecular complexity index is 1000. The van der Waals surface area contributed by atoms with Crippen LogP contribution in [0.2, 0.25) is 0 Å². The van der Waals surface area contributed by atoms with Crippen molar-refractivity contribution in [1.82, 2.24) is 9.97 Å². The number of carbonyl (C=O) groups excluding carboxylic acids is 1. The quantitative estimate of drug-likeness (QED) is 0.572. The van der Waals surface area contributed by atoms with Crippen LogP contribution >= 0.6 is 0 Å². The molecule has 0 bridgehead atoms.